The van der Waals surface area contributed by atoms with E-state index in [2.05, 4.69) is 62.5 Å². The Bertz CT molecular complexity index is 1260. The molecule has 0 spiro atoms. The minimum Gasteiger partial charge on any atom is -0.756 e. The summed E-state index contributed by atoms with van der Waals surface area (Å²) >= 11 is 0. The van der Waals surface area contributed by atoms with Gasteiger partial charge in [0.15, 0.2) is 6.10 Å². The molecule has 3 atom stereocenters. The minimum absolute atomic E-state index is 0.0600. The average molecular weight is 820 g/mol. The third-order valence-electron chi connectivity index (χ3n) is 8.49. The Morgan fingerprint density at radius 1 is 0.649 bits per heavy atom. The average Bonchev–Trinajstić information content (AvgIpc) is 3.15. The van der Waals surface area contributed by atoms with Gasteiger partial charge in [-0.15, -0.1) is 0 Å². The molecule has 0 bridgehead atoms. The molecule has 326 valence electrons. The van der Waals surface area contributed by atoms with Crippen LogP contribution in [-0.2, 0) is 32.7 Å². The molecule has 0 saturated carbocycles. The fourth-order valence-corrected chi connectivity index (χ4v) is 5.78. The van der Waals surface area contributed by atoms with Gasteiger partial charge in [0.2, 0.25) is 0 Å². The van der Waals surface area contributed by atoms with Gasteiger partial charge in [-0.3, -0.25) is 14.2 Å². The molecule has 0 fully saturated rings. The van der Waals surface area contributed by atoms with Gasteiger partial charge >= 0.3 is 11.9 Å². The van der Waals surface area contributed by atoms with E-state index in [0.29, 0.717) is 30.3 Å². The van der Waals surface area contributed by atoms with E-state index in [4.69, 9.17) is 18.5 Å². The number of ether oxygens (including phenoxy) is 2. The number of allylic oxidation sites excluding steroid dienone is 13. The molecule has 0 aliphatic carbocycles. The molecule has 11 heteroatoms. The van der Waals surface area contributed by atoms with E-state index in [9.17, 15) is 24.2 Å². The second-order valence-corrected chi connectivity index (χ2v) is 16.6. The summed E-state index contributed by atoms with van der Waals surface area (Å²) in [4.78, 5) is 37.5. The summed E-state index contributed by atoms with van der Waals surface area (Å²) in [7, 11) is 1.06. The lowest BCUT2D eigenvalue weighted by Gasteiger charge is -2.28. The van der Waals surface area contributed by atoms with E-state index in [1.165, 1.54) is 19.3 Å². The lowest BCUT2D eigenvalue weighted by atomic mass is 10.1. The first-order valence-corrected chi connectivity index (χ1v) is 22.9. The van der Waals surface area contributed by atoms with Crippen LogP contribution in [0.4, 0.5) is 0 Å². The molecular formula is C46H78NO9P. The number of carbonyl (C=O) groups is 2. The summed E-state index contributed by atoms with van der Waals surface area (Å²) in [6, 6.07) is 0. The highest BCUT2D eigenvalue weighted by Gasteiger charge is 2.21. The minimum atomic E-state index is -4.66. The van der Waals surface area contributed by atoms with E-state index < -0.39 is 32.5 Å². The van der Waals surface area contributed by atoms with Crippen molar-refractivity contribution in [3.8, 4) is 0 Å². The predicted molar refractivity (Wildman–Crippen MR) is 232 cm³/mol. The molecule has 0 saturated heterocycles. The van der Waals surface area contributed by atoms with Gasteiger partial charge in [-0.25, -0.2) is 0 Å². The van der Waals surface area contributed by atoms with Crippen LogP contribution in [0.2, 0.25) is 0 Å². The van der Waals surface area contributed by atoms with Crippen molar-refractivity contribution in [3.63, 3.8) is 0 Å². The van der Waals surface area contributed by atoms with Gasteiger partial charge in [0.25, 0.3) is 7.82 Å². The van der Waals surface area contributed by atoms with Crippen LogP contribution in [-0.4, -0.2) is 81.2 Å². The number of unbranched alkanes of at least 4 members (excludes halogenated alkanes) is 8. The summed E-state index contributed by atoms with van der Waals surface area (Å²) in [6.07, 6.45) is 43.7. The van der Waals surface area contributed by atoms with Crippen molar-refractivity contribution in [1.29, 1.82) is 0 Å². The predicted octanol–water partition coefficient (Wildman–Crippen LogP) is 10.4. The topological polar surface area (TPSA) is 131 Å². The summed E-state index contributed by atoms with van der Waals surface area (Å²) in [5, 5.41) is 9.90. The second-order valence-electron chi connectivity index (χ2n) is 15.2. The SMILES string of the molecule is CCCCC/C=C\C/C=C\C/C=C\CCCCC(=O)OC[C@H](COP(=O)([O-])OCC[N+](C)(C)C)OC(=O)CCC/C=C\C/C=C\C/C=C\C=C\[C@@H](O)CCCCC. The van der Waals surface area contributed by atoms with Crippen LogP contribution in [0.15, 0.2) is 85.1 Å². The fraction of sp³-hybridized carbons (Fsp3) is 0.652. The molecule has 1 unspecified atom stereocenters. The number of quaternary nitrogens is 1. The zero-order valence-electron chi connectivity index (χ0n) is 36.1. The number of aliphatic hydroxyl groups is 1. The quantitative estimate of drug-likeness (QED) is 0.0162. The fourth-order valence-electron chi connectivity index (χ4n) is 5.06. The maximum Gasteiger partial charge on any atom is 0.306 e. The number of esters is 2. The zero-order valence-corrected chi connectivity index (χ0v) is 37.0. The Hall–Kier alpha value is -2.85. The molecular weight excluding hydrogens is 741 g/mol. The number of hydrogen-bond acceptors (Lipinski definition) is 9. The highest BCUT2D eigenvalue weighted by molar-refractivity contribution is 7.45. The van der Waals surface area contributed by atoms with Crippen LogP contribution < -0.4 is 4.89 Å². The summed E-state index contributed by atoms with van der Waals surface area (Å²) in [5.74, 6) is -0.982. The monoisotopic (exact) mass is 820 g/mol. The number of nitrogens with zero attached hydrogens (tertiary/aromatic N) is 1. The van der Waals surface area contributed by atoms with Crippen molar-refractivity contribution in [1.82, 2.24) is 0 Å². The van der Waals surface area contributed by atoms with Crippen LogP contribution in [0.5, 0.6) is 0 Å². The Labute approximate surface area is 346 Å². The van der Waals surface area contributed by atoms with Crippen LogP contribution in [0, 0.1) is 0 Å². The molecule has 0 aliphatic heterocycles. The number of aliphatic hydroxyl groups excluding tert-OH is 1. The largest absolute Gasteiger partial charge is 0.756 e. The zero-order chi connectivity index (χ0) is 42.3. The van der Waals surface area contributed by atoms with Gasteiger partial charge in [0.05, 0.1) is 33.9 Å². The Kier molecular flexibility index (Phi) is 35.6. The van der Waals surface area contributed by atoms with E-state index in [-0.39, 0.29) is 32.2 Å². The van der Waals surface area contributed by atoms with Crippen LogP contribution in [0.1, 0.15) is 136 Å². The number of likely N-dealkylation sites (N-methyl/N-ethyl adjacent to an activating group) is 1. The van der Waals surface area contributed by atoms with Gasteiger partial charge in [-0.2, -0.15) is 0 Å². The molecule has 0 aromatic heterocycles. The van der Waals surface area contributed by atoms with Crippen molar-refractivity contribution < 1.29 is 47.2 Å². The summed E-state index contributed by atoms with van der Waals surface area (Å²) < 4.78 is 33.7. The third kappa shape index (κ3) is 41.1. The van der Waals surface area contributed by atoms with Crippen molar-refractivity contribution >= 4 is 19.8 Å². The van der Waals surface area contributed by atoms with Crippen molar-refractivity contribution in [2.75, 3.05) is 47.5 Å². The number of rotatable bonds is 37. The maximum atomic E-state index is 12.6. The lowest BCUT2D eigenvalue weighted by molar-refractivity contribution is -0.870. The van der Waals surface area contributed by atoms with Gasteiger partial charge < -0.3 is 33.0 Å². The molecule has 0 radical (unpaired) electrons. The van der Waals surface area contributed by atoms with E-state index in [0.717, 1.165) is 70.6 Å². The molecule has 0 aliphatic rings. The molecule has 10 nitrogen and oxygen atoms in total. The van der Waals surface area contributed by atoms with Gasteiger partial charge in [-0.05, 0) is 77.0 Å². The molecule has 0 aromatic rings. The lowest BCUT2D eigenvalue weighted by Crippen LogP contribution is -2.37. The molecule has 0 amide bonds. The van der Waals surface area contributed by atoms with Gasteiger partial charge in [-0.1, -0.05) is 131 Å². The summed E-state index contributed by atoms with van der Waals surface area (Å²) in [5.41, 5.74) is 0. The van der Waals surface area contributed by atoms with E-state index in [1.54, 1.807) is 0 Å². The molecule has 0 heterocycles. The first kappa shape index (κ1) is 54.2. The molecule has 0 aromatic carbocycles. The van der Waals surface area contributed by atoms with Crippen LogP contribution in [0.3, 0.4) is 0 Å². The summed E-state index contributed by atoms with van der Waals surface area (Å²) in [6.45, 7) is 3.91. The standard InChI is InChI=1S/C46H78NO9P/c1-6-8-10-11-12-13-14-15-16-17-20-23-26-29-33-37-45(49)53-41-44(42-55-57(51,52)54-40-39-47(3,4)5)56-46(50)38-34-30-27-24-21-18-19-22-25-28-32-36-43(48)35-31-9-7-2/h12-13,15-16,18-20,23-25,27-28,32,36,43-44,48H,6-11,14,17,21-22,26,29-31,33-35,37-42H2,1-5H3/b13-12-,16-15-,19-18-,23-20-,27-24-,28-25-,36-32+/t43-,44+/m0/s1. The van der Waals surface area contributed by atoms with Crippen molar-refractivity contribution in [2.45, 2.75) is 148 Å². The number of phosphoric ester groups is 1. The normalized spacial score (nSPS) is 15.0. The highest BCUT2D eigenvalue weighted by atomic mass is 31.2. The third-order valence-corrected chi connectivity index (χ3v) is 9.46. The first-order valence-electron chi connectivity index (χ1n) is 21.4. The molecule has 1 N–H and O–H groups in total. The highest BCUT2D eigenvalue weighted by Crippen LogP contribution is 2.38. The van der Waals surface area contributed by atoms with E-state index >= 15 is 0 Å². The van der Waals surface area contributed by atoms with Gasteiger partial charge in [0, 0.05) is 12.8 Å². The maximum absolute atomic E-state index is 12.6. The Balaban J connectivity index is 4.61. The smallest absolute Gasteiger partial charge is 0.306 e. The first-order chi connectivity index (χ1) is 27.4. The Morgan fingerprint density at radius 3 is 1.77 bits per heavy atom. The van der Waals surface area contributed by atoms with Gasteiger partial charge in [0.1, 0.15) is 19.8 Å². The second kappa shape index (κ2) is 37.4. The van der Waals surface area contributed by atoms with Crippen molar-refractivity contribution in [3.05, 3.63) is 85.1 Å². The van der Waals surface area contributed by atoms with E-state index in [1.807, 2.05) is 57.6 Å². The number of hydrogen-bond donors (Lipinski definition) is 1. The van der Waals surface area contributed by atoms with Crippen LogP contribution >= 0.6 is 7.82 Å². The van der Waals surface area contributed by atoms with Crippen molar-refractivity contribution in [2.24, 2.45) is 0 Å². The molecule has 57 heavy (non-hydrogen) atoms. The number of phosphoric acid groups is 1. The number of carbonyl (C=O) groups excluding carboxylic acids is 2. The molecule has 0 rings (SSSR count). The Morgan fingerprint density at radius 2 is 1.18 bits per heavy atom. The van der Waals surface area contributed by atoms with Crippen LogP contribution in [0.25, 0.3) is 0 Å².